The Morgan fingerprint density at radius 2 is 1.66 bits per heavy atom. The molecule has 9 nitrogen and oxygen atoms in total. The van der Waals surface area contributed by atoms with E-state index in [4.69, 9.17) is 14.7 Å². The zero-order chi connectivity index (χ0) is 26.8. The van der Waals surface area contributed by atoms with Gasteiger partial charge in [-0.2, -0.15) is 8.42 Å². The van der Waals surface area contributed by atoms with Gasteiger partial charge in [0.25, 0.3) is 11.8 Å². The number of ether oxygens (including phenoxy) is 1. The maximum atomic E-state index is 13.3. The fraction of sp³-hybridized carbons (Fsp3) is 0.536. The molecule has 2 N–H and O–H groups in total. The fourth-order valence-electron chi connectivity index (χ4n) is 6.21. The summed E-state index contributed by atoms with van der Waals surface area (Å²) < 4.78 is 36.9. The number of carbonyl (C=O) groups is 2. The summed E-state index contributed by atoms with van der Waals surface area (Å²) >= 11 is 0. The third-order valence-electron chi connectivity index (χ3n) is 8.26. The molecule has 2 aromatic rings. The second-order valence-electron chi connectivity index (χ2n) is 10.7. The van der Waals surface area contributed by atoms with Gasteiger partial charge in [-0.05, 0) is 93.7 Å². The molecule has 0 spiro atoms. The lowest BCUT2D eigenvalue weighted by Gasteiger charge is -2.44. The van der Waals surface area contributed by atoms with Crippen molar-refractivity contribution >= 4 is 21.9 Å². The molecule has 2 heterocycles. The number of fused-ring (bicyclic) bond motifs is 1. The van der Waals surface area contributed by atoms with E-state index in [1.54, 1.807) is 18.2 Å². The Kier molecular flexibility index (Phi) is 7.72. The summed E-state index contributed by atoms with van der Waals surface area (Å²) in [7, 11) is -4.26. The molecule has 2 amide bonds. The van der Waals surface area contributed by atoms with Gasteiger partial charge in [0, 0.05) is 24.3 Å². The third kappa shape index (κ3) is 5.56. The van der Waals surface area contributed by atoms with Crippen LogP contribution in [0.25, 0.3) is 0 Å². The normalized spacial score (nSPS) is 27.8. The number of amides is 2. The van der Waals surface area contributed by atoms with E-state index in [1.807, 2.05) is 12.1 Å². The Balaban J connectivity index is 1.19. The van der Waals surface area contributed by atoms with Gasteiger partial charge in [0.1, 0.15) is 5.75 Å². The molecular formula is C28H35N3O6S. The molecule has 1 aliphatic heterocycles. The number of benzene rings is 1. The van der Waals surface area contributed by atoms with Crippen molar-refractivity contribution in [3.05, 3.63) is 54.2 Å². The third-order valence-corrected chi connectivity index (χ3v) is 9.55. The molecule has 204 valence electrons. The average molecular weight is 542 g/mol. The smallest absolute Gasteiger partial charge is 0.315 e. The van der Waals surface area contributed by atoms with Crippen molar-refractivity contribution in [1.29, 1.82) is 0 Å². The summed E-state index contributed by atoms with van der Waals surface area (Å²) in [6.07, 6.45) is 9.15. The SMILES string of the molecule is NC(=O)C1(OS(=O)(=O)c2ccccn2)CCC(Oc2ccc(C(=O)N3CCCC4CCCCC43)cc2)CC1. The van der Waals surface area contributed by atoms with Crippen LogP contribution in [0.5, 0.6) is 5.75 Å². The van der Waals surface area contributed by atoms with Gasteiger partial charge in [0.05, 0.1) is 6.10 Å². The minimum Gasteiger partial charge on any atom is -0.490 e. The zero-order valence-electron chi connectivity index (χ0n) is 21.5. The second-order valence-corrected chi connectivity index (χ2v) is 12.2. The van der Waals surface area contributed by atoms with Crippen LogP contribution < -0.4 is 10.5 Å². The molecule has 3 fully saturated rings. The number of likely N-dealkylation sites (tertiary alicyclic amines) is 1. The van der Waals surface area contributed by atoms with Crippen molar-refractivity contribution in [2.75, 3.05) is 6.54 Å². The maximum Gasteiger partial charge on any atom is 0.315 e. The van der Waals surface area contributed by atoms with Crippen LogP contribution in [0.4, 0.5) is 0 Å². The van der Waals surface area contributed by atoms with Gasteiger partial charge >= 0.3 is 10.1 Å². The first-order valence-electron chi connectivity index (χ1n) is 13.5. The van der Waals surface area contributed by atoms with E-state index in [1.165, 1.54) is 44.0 Å². The van der Waals surface area contributed by atoms with E-state index in [-0.39, 0.29) is 29.9 Å². The van der Waals surface area contributed by atoms with E-state index in [9.17, 15) is 18.0 Å². The first-order valence-corrected chi connectivity index (χ1v) is 14.9. The number of nitrogens with two attached hydrogens (primary N) is 1. The van der Waals surface area contributed by atoms with Gasteiger partial charge < -0.3 is 15.4 Å². The molecular weight excluding hydrogens is 506 g/mol. The Morgan fingerprint density at radius 1 is 0.947 bits per heavy atom. The van der Waals surface area contributed by atoms with Gasteiger partial charge in [0.2, 0.25) is 0 Å². The van der Waals surface area contributed by atoms with Gasteiger partial charge in [-0.15, -0.1) is 0 Å². The largest absolute Gasteiger partial charge is 0.490 e. The van der Waals surface area contributed by atoms with Crippen molar-refractivity contribution in [2.45, 2.75) is 87.0 Å². The molecule has 5 rings (SSSR count). The highest BCUT2D eigenvalue weighted by molar-refractivity contribution is 7.86. The topological polar surface area (TPSA) is 129 Å². The first-order chi connectivity index (χ1) is 18.3. The Bertz CT molecular complexity index is 1240. The molecule has 10 heteroatoms. The standard InChI is InChI=1S/C28H35N3O6S/c29-27(33)28(37-38(34,35)25-9-3-4-18-30-25)16-14-23(15-17-28)36-22-12-10-21(11-13-22)26(32)31-19-5-7-20-6-1-2-8-24(20)31/h3-4,9-13,18,20,23-24H,1-2,5-8,14-17,19H2,(H2,29,33). The number of hydrogen-bond acceptors (Lipinski definition) is 7. The Labute approximate surface area is 223 Å². The predicted octanol–water partition coefficient (Wildman–Crippen LogP) is 3.83. The molecule has 3 aliphatic rings. The first kappa shape index (κ1) is 26.6. The van der Waals surface area contributed by atoms with Crippen LogP contribution >= 0.6 is 0 Å². The number of hydrogen-bond donors (Lipinski definition) is 1. The van der Waals surface area contributed by atoms with E-state index < -0.39 is 21.6 Å². The molecule has 2 atom stereocenters. The Hall–Kier alpha value is -2.98. The minimum atomic E-state index is -4.26. The summed E-state index contributed by atoms with van der Waals surface area (Å²) in [5, 5.41) is -0.266. The second kappa shape index (κ2) is 11.0. The number of pyridine rings is 1. The number of primary amides is 1. The van der Waals surface area contributed by atoms with Gasteiger partial charge in [-0.25, -0.2) is 9.17 Å². The van der Waals surface area contributed by atoms with E-state index in [0.717, 1.165) is 19.4 Å². The molecule has 1 aromatic heterocycles. The van der Waals surface area contributed by atoms with Crippen molar-refractivity contribution in [1.82, 2.24) is 9.88 Å². The van der Waals surface area contributed by atoms with E-state index >= 15 is 0 Å². The summed E-state index contributed by atoms with van der Waals surface area (Å²) in [5.41, 5.74) is 4.63. The zero-order valence-corrected chi connectivity index (χ0v) is 22.3. The molecule has 0 radical (unpaired) electrons. The van der Waals surface area contributed by atoms with Crippen LogP contribution in [0.15, 0.2) is 53.7 Å². The molecule has 1 aromatic carbocycles. The van der Waals surface area contributed by atoms with E-state index in [0.29, 0.717) is 36.1 Å². The lowest BCUT2D eigenvalue weighted by Crippen LogP contribution is -2.51. The van der Waals surface area contributed by atoms with Crippen LogP contribution in [0.3, 0.4) is 0 Å². The van der Waals surface area contributed by atoms with Gasteiger partial charge in [0.15, 0.2) is 10.6 Å². The van der Waals surface area contributed by atoms with Crippen LogP contribution in [0, 0.1) is 5.92 Å². The number of aromatic nitrogens is 1. The van der Waals surface area contributed by atoms with Crippen LogP contribution in [-0.4, -0.2) is 54.4 Å². The summed E-state index contributed by atoms with van der Waals surface area (Å²) in [6.45, 7) is 0.820. The summed E-state index contributed by atoms with van der Waals surface area (Å²) in [5.74, 6) is 0.514. The fourth-order valence-corrected chi connectivity index (χ4v) is 7.39. The number of carbonyl (C=O) groups excluding carboxylic acids is 2. The highest BCUT2D eigenvalue weighted by atomic mass is 32.2. The van der Waals surface area contributed by atoms with Gasteiger partial charge in [-0.3, -0.25) is 9.59 Å². The van der Waals surface area contributed by atoms with Crippen LogP contribution in [0.2, 0.25) is 0 Å². The molecule has 2 saturated carbocycles. The van der Waals surface area contributed by atoms with E-state index in [2.05, 4.69) is 9.88 Å². The molecule has 2 unspecified atom stereocenters. The summed E-state index contributed by atoms with van der Waals surface area (Å²) in [4.78, 5) is 31.5. The number of rotatable bonds is 7. The maximum absolute atomic E-state index is 13.3. The van der Waals surface area contributed by atoms with Crippen LogP contribution in [0.1, 0.15) is 74.6 Å². The van der Waals surface area contributed by atoms with Crippen molar-refractivity contribution < 1.29 is 26.9 Å². The van der Waals surface area contributed by atoms with Crippen molar-refractivity contribution in [3.8, 4) is 5.75 Å². The van der Waals surface area contributed by atoms with Crippen molar-refractivity contribution in [3.63, 3.8) is 0 Å². The summed E-state index contributed by atoms with van der Waals surface area (Å²) in [6, 6.07) is 12.0. The lowest BCUT2D eigenvalue weighted by atomic mass is 9.78. The molecule has 0 bridgehead atoms. The molecule has 2 aliphatic carbocycles. The number of piperidine rings is 1. The minimum absolute atomic E-state index is 0.0864. The van der Waals surface area contributed by atoms with Crippen LogP contribution in [-0.2, 0) is 19.1 Å². The molecule has 38 heavy (non-hydrogen) atoms. The quantitative estimate of drug-likeness (QED) is 0.528. The highest BCUT2D eigenvalue weighted by Gasteiger charge is 2.46. The highest BCUT2D eigenvalue weighted by Crippen LogP contribution is 2.37. The monoisotopic (exact) mass is 541 g/mol. The van der Waals surface area contributed by atoms with Gasteiger partial charge in [-0.1, -0.05) is 18.9 Å². The Morgan fingerprint density at radius 3 is 2.34 bits per heavy atom. The average Bonchev–Trinajstić information content (AvgIpc) is 2.94. The number of nitrogens with zero attached hydrogens (tertiary/aromatic N) is 2. The predicted molar refractivity (Wildman–Crippen MR) is 140 cm³/mol. The molecule has 1 saturated heterocycles. The van der Waals surface area contributed by atoms with Crippen molar-refractivity contribution in [2.24, 2.45) is 11.7 Å². The lowest BCUT2D eigenvalue weighted by molar-refractivity contribution is -0.137.